The second-order valence-corrected chi connectivity index (χ2v) is 4.84. The number of amides is 3. The minimum Gasteiger partial charge on any atom is -0.480 e. The molecule has 0 rings (SSSR count). The van der Waals surface area contributed by atoms with E-state index in [1.54, 1.807) is 0 Å². The minimum absolute atomic E-state index is 0.0476. The van der Waals surface area contributed by atoms with Crippen LogP contribution in [0.1, 0.15) is 19.3 Å². The maximum atomic E-state index is 12.1. The van der Waals surface area contributed by atoms with E-state index in [9.17, 15) is 19.2 Å². The molecule has 0 saturated heterocycles. The lowest BCUT2D eigenvalue weighted by atomic mass is 10.1. The Kier molecular flexibility index (Phi) is 9.48. The molecule has 0 aliphatic rings. The van der Waals surface area contributed by atoms with Crippen LogP contribution in [0.2, 0.25) is 0 Å². The number of carbonyl (C=O) groups excluding carboxylic acids is 3. The normalized spacial score (nSPS) is 12.5. The molecule has 0 bridgehead atoms. The summed E-state index contributed by atoms with van der Waals surface area (Å²) >= 11 is 0. The summed E-state index contributed by atoms with van der Waals surface area (Å²) in [6.45, 7) is -0.208. The van der Waals surface area contributed by atoms with Crippen LogP contribution in [-0.4, -0.2) is 59.9 Å². The quantitative estimate of drug-likeness (QED) is 0.110. The zero-order chi connectivity index (χ0) is 18.7. The number of hydrogen-bond acceptors (Lipinski definition) is 6. The molecule has 0 aromatic heterocycles. The molecule has 12 heteroatoms. The fraction of sp³-hybridized carbons (Fsp3) is 0.583. The highest BCUT2D eigenvalue weighted by Crippen LogP contribution is 2.01. The zero-order valence-corrected chi connectivity index (χ0v) is 13.0. The van der Waals surface area contributed by atoms with E-state index in [1.807, 2.05) is 0 Å². The van der Waals surface area contributed by atoms with Crippen LogP contribution >= 0.6 is 0 Å². The molecular weight excluding hydrogens is 322 g/mol. The molecule has 2 unspecified atom stereocenters. The maximum Gasteiger partial charge on any atom is 0.326 e. The third kappa shape index (κ3) is 9.19. The van der Waals surface area contributed by atoms with E-state index in [0.29, 0.717) is 6.42 Å². The Balaban J connectivity index is 4.78. The van der Waals surface area contributed by atoms with E-state index in [2.05, 4.69) is 15.6 Å². The van der Waals surface area contributed by atoms with Gasteiger partial charge in [-0.3, -0.25) is 19.4 Å². The van der Waals surface area contributed by atoms with Gasteiger partial charge in [-0.2, -0.15) is 0 Å². The molecule has 0 aliphatic heterocycles. The van der Waals surface area contributed by atoms with Crippen LogP contribution in [0.5, 0.6) is 0 Å². The van der Waals surface area contributed by atoms with Gasteiger partial charge in [0.1, 0.15) is 12.1 Å². The number of rotatable bonds is 11. The van der Waals surface area contributed by atoms with E-state index >= 15 is 0 Å². The summed E-state index contributed by atoms with van der Waals surface area (Å²) in [5.74, 6) is -3.79. The highest BCUT2D eigenvalue weighted by atomic mass is 16.4. The van der Waals surface area contributed by atoms with E-state index < -0.39 is 48.7 Å². The topological polar surface area (TPSA) is 229 Å². The van der Waals surface area contributed by atoms with Crippen molar-refractivity contribution in [1.29, 1.82) is 0 Å². The first kappa shape index (κ1) is 21.1. The summed E-state index contributed by atoms with van der Waals surface area (Å²) in [5, 5.41) is 13.5. The molecule has 0 aliphatic carbocycles. The Hall–Kier alpha value is -2.89. The van der Waals surface area contributed by atoms with E-state index in [-0.39, 0.29) is 18.9 Å². The third-order valence-corrected chi connectivity index (χ3v) is 2.80. The Labute approximate surface area is 138 Å². The fourth-order valence-electron chi connectivity index (χ4n) is 1.70. The summed E-state index contributed by atoms with van der Waals surface area (Å²) in [5.41, 5.74) is 20.4. The number of nitrogens with one attached hydrogen (secondary N) is 2. The average molecular weight is 345 g/mol. The molecule has 0 heterocycles. The van der Waals surface area contributed by atoms with Crippen LogP contribution in [0.15, 0.2) is 4.99 Å². The van der Waals surface area contributed by atoms with Crippen LogP contribution in [0.4, 0.5) is 0 Å². The van der Waals surface area contributed by atoms with Gasteiger partial charge in [-0.05, 0) is 12.8 Å². The number of nitrogens with two attached hydrogens (primary N) is 4. The van der Waals surface area contributed by atoms with Crippen molar-refractivity contribution in [3.63, 3.8) is 0 Å². The van der Waals surface area contributed by atoms with Crippen LogP contribution < -0.4 is 33.6 Å². The summed E-state index contributed by atoms with van der Waals surface area (Å²) in [6.07, 6.45) is -0.144. The van der Waals surface area contributed by atoms with E-state index in [1.165, 1.54) is 0 Å². The van der Waals surface area contributed by atoms with Gasteiger partial charge in [0.15, 0.2) is 5.96 Å². The zero-order valence-electron chi connectivity index (χ0n) is 13.0. The lowest BCUT2D eigenvalue weighted by Gasteiger charge is -2.20. The van der Waals surface area contributed by atoms with Crippen molar-refractivity contribution in [2.45, 2.75) is 31.3 Å². The molecule has 0 aromatic rings. The molecule has 0 saturated carbocycles. The number of carboxylic acids is 1. The molecule has 24 heavy (non-hydrogen) atoms. The van der Waals surface area contributed by atoms with Gasteiger partial charge < -0.3 is 38.7 Å². The lowest BCUT2D eigenvalue weighted by Crippen LogP contribution is -2.53. The molecule has 12 nitrogen and oxygen atoms in total. The van der Waals surface area contributed by atoms with Crippen LogP contribution in [0.3, 0.4) is 0 Å². The molecular formula is C12H23N7O5. The third-order valence-electron chi connectivity index (χ3n) is 2.80. The molecule has 0 radical (unpaired) electrons. The summed E-state index contributed by atoms with van der Waals surface area (Å²) in [7, 11) is 0. The molecule has 0 spiro atoms. The van der Waals surface area contributed by atoms with Crippen molar-refractivity contribution in [1.82, 2.24) is 10.6 Å². The van der Waals surface area contributed by atoms with Gasteiger partial charge in [-0.15, -0.1) is 0 Å². The number of carboxylic acid groups (broad SMARTS) is 1. The van der Waals surface area contributed by atoms with Gasteiger partial charge in [0.2, 0.25) is 17.7 Å². The number of aliphatic imine (C=N–C) groups is 1. The van der Waals surface area contributed by atoms with Crippen molar-refractivity contribution >= 4 is 29.7 Å². The fourth-order valence-corrected chi connectivity index (χ4v) is 1.70. The van der Waals surface area contributed by atoms with Gasteiger partial charge >= 0.3 is 5.97 Å². The molecule has 11 N–H and O–H groups in total. The van der Waals surface area contributed by atoms with Gasteiger partial charge in [-0.1, -0.05) is 0 Å². The number of guanidine groups is 1. The molecule has 3 amide bonds. The predicted molar refractivity (Wildman–Crippen MR) is 84.3 cm³/mol. The van der Waals surface area contributed by atoms with Gasteiger partial charge in [0, 0.05) is 6.54 Å². The highest BCUT2D eigenvalue weighted by Gasteiger charge is 2.27. The van der Waals surface area contributed by atoms with E-state index in [4.69, 9.17) is 28.0 Å². The van der Waals surface area contributed by atoms with Crippen molar-refractivity contribution in [2.75, 3.05) is 13.1 Å². The minimum atomic E-state index is -1.31. The highest BCUT2D eigenvalue weighted by molar-refractivity contribution is 5.93. The Morgan fingerprint density at radius 3 is 2.12 bits per heavy atom. The maximum absolute atomic E-state index is 12.1. The largest absolute Gasteiger partial charge is 0.480 e. The number of nitrogens with zero attached hydrogens (tertiary/aromatic N) is 1. The second-order valence-electron chi connectivity index (χ2n) is 4.84. The molecule has 0 aromatic carbocycles. The Bertz CT molecular complexity index is 504. The van der Waals surface area contributed by atoms with Crippen LogP contribution in [0.25, 0.3) is 0 Å². The van der Waals surface area contributed by atoms with Crippen molar-refractivity contribution in [2.24, 2.45) is 27.9 Å². The monoisotopic (exact) mass is 345 g/mol. The number of primary amides is 1. The first-order valence-electron chi connectivity index (χ1n) is 7.03. The standard InChI is InChI=1S/C12H23N7O5/c13-5-9(21)18-7(4-8(14)20)10(22)19-6(11(23)24)2-1-3-17-12(15)16/h6-7H,1-5,13H2,(H2,14,20)(H,18,21)(H,19,22)(H,23,24)(H4,15,16,17). The van der Waals surface area contributed by atoms with Gasteiger partial charge in [-0.25, -0.2) is 4.79 Å². The van der Waals surface area contributed by atoms with Crippen molar-refractivity contribution in [3.05, 3.63) is 0 Å². The van der Waals surface area contributed by atoms with Crippen LogP contribution in [-0.2, 0) is 19.2 Å². The number of hydrogen-bond donors (Lipinski definition) is 7. The molecule has 2 atom stereocenters. The molecule has 0 fully saturated rings. The lowest BCUT2D eigenvalue weighted by molar-refractivity contribution is -0.142. The first-order chi connectivity index (χ1) is 11.2. The van der Waals surface area contributed by atoms with Crippen molar-refractivity contribution in [3.8, 4) is 0 Å². The summed E-state index contributed by atoms with van der Waals surface area (Å²) in [6, 6.07) is -2.55. The van der Waals surface area contributed by atoms with E-state index in [0.717, 1.165) is 0 Å². The van der Waals surface area contributed by atoms with Crippen molar-refractivity contribution < 1.29 is 24.3 Å². The van der Waals surface area contributed by atoms with Gasteiger partial charge in [0.25, 0.3) is 0 Å². The smallest absolute Gasteiger partial charge is 0.326 e. The predicted octanol–water partition coefficient (Wildman–Crippen LogP) is -4.07. The van der Waals surface area contributed by atoms with Gasteiger partial charge in [0.05, 0.1) is 13.0 Å². The Morgan fingerprint density at radius 2 is 1.67 bits per heavy atom. The summed E-state index contributed by atoms with van der Waals surface area (Å²) in [4.78, 5) is 49.2. The second kappa shape index (κ2) is 10.8. The number of carbonyl (C=O) groups is 4. The first-order valence-corrected chi connectivity index (χ1v) is 7.03. The Morgan fingerprint density at radius 1 is 1.04 bits per heavy atom. The van der Waals surface area contributed by atoms with Crippen LogP contribution in [0, 0.1) is 0 Å². The average Bonchev–Trinajstić information content (AvgIpc) is 2.48. The molecule has 136 valence electrons. The summed E-state index contributed by atoms with van der Waals surface area (Å²) < 4.78 is 0. The SMILES string of the molecule is NCC(=O)NC(CC(N)=O)C(=O)NC(CCCN=C(N)N)C(=O)O. The number of aliphatic carboxylic acids is 1.